The lowest BCUT2D eigenvalue weighted by atomic mass is 10.1. The van der Waals surface area contributed by atoms with Gasteiger partial charge in [-0.15, -0.1) is 0 Å². The second kappa shape index (κ2) is 6.97. The Labute approximate surface area is 136 Å². The highest BCUT2D eigenvalue weighted by atomic mass is 35.5. The van der Waals surface area contributed by atoms with Crippen molar-refractivity contribution in [2.75, 3.05) is 0 Å². The van der Waals surface area contributed by atoms with Crippen LogP contribution in [0.3, 0.4) is 0 Å². The summed E-state index contributed by atoms with van der Waals surface area (Å²) in [6.45, 7) is 1.78. The summed E-state index contributed by atoms with van der Waals surface area (Å²) in [6, 6.07) is 7.22. The molecule has 112 valence electrons. The number of rotatable bonds is 4. The van der Waals surface area contributed by atoms with Gasteiger partial charge >= 0.3 is 0 Å². The molecule has 0 fully saturated rings. The van der Waals surface area contributed by atoms with Crippen molar-refractivity contribution in [3.05, 3.63) is 57.6 Å². The molecular formula is C15H13Cl2F2NS. The molecule has 2 N–H and O–H groups in total. The van der Waals surface area contributed by atoms with Crippen LogP contribution in [0.2, 0.25) is 10.0 Å². The zero-order valence-corrected chi connectivity index (χ0v) is 13.5. The quantitative estimate of drug-likeness (QED) is 0.810. The minimum absolute atomic E-state index is 0.104. The topological polar surface area (TPSA) is 26.0 Å². The van der Waals surface area contributed by atoms with E-state index in [-0.39, 0.29) is 10.9 Å². The molecule has 0 spiro atoms. The van der Waals surface area contributed by atoms with E-state index in [1.807, 2.05) is 0 Å². The van der Waals surface area contributed by atoms with Crippen molar-refractivity contribution in [2.45, 2.75) is 29.2 Å². The second-order valence-electron chi connectivity index (χ2n) is 4.75. The summed E-state index contributed by atoms with van der Waals surface area (Å²) in [7, 11) is 0. The minimum Gasteiger partial charge on any atom is -0.328 e. The van der Waals surface area contributed by atoms with Crippen LogP contribution in [0.25, 0.3) is 0 Å². The smallest absolute Gasteiger partial charge is 0.140 e. The molecule has 21 heavy (non-hydrogen) atoms. The van der Waals surface area contributed by atoms with Gasteiger partial charge in [-0.05, 0) is 49.2 Å². The van der Waals surface area contributed by atoms with Gasteiger partial charge in [-0.1, -0.05) is 35.0 Å². The predicted octanol–water partition coefficient (Wildman–Crippen LogP) is 5.31. The van der Waals surface area contributed by atoms with Crippen molar-refractivity contribution in [3.63, 3.8) is 0 Å². The van der Waals surface area contributed by atoms with E-state index < -0.39 is 11.6 Å². The first-order chi connectivity index (χ1) is 9.86. The molecule has 0 heterocycles. The van der Waals surface area contributed by atoms with E-state index in [0.29, 0.717) is 26.9 Å². The molecule has 6 heteroatoms. The maximum absolute atomic E-state index is 14.1. The Balaban J connectivity index is 2.34. The van der Waals surface area contributed by atoms with Gasteiger partial charge < -0.3 is 5.73 Å². The van der Waals surface area contributed by atoms with Crippen LogP contribution in [0, 0.1) is 11.6 Å². The predicted molar refractivity (Wildman–Crippen MR) is 84.3 cm³/mol. The van der Waals surface area contributed by atoms with Gasteiger partial charge in [0.15, 0.2) is 0 Å². The Kier molecular flexibility index (Phi) is 5.49. The fourth-order valence-corrected chi connectivity index (χ4v) is 3.22. The molecule has 2 rings (SSSR count). The van der Waals surface area contributed by atoms with Gasteiger partial charge in [0.1, 0.15) is 11.6 Å². The van der Waals surface area contributed by atoms with Gasteiger partial charge in [-0.3, -0.25) is 0 Å². The molecule has 0 saturated carbocycles. The molecule has 1 atom stereocenters. The van der Waals surface area contributed by atoms with Crippen molar-refractivity contribution in [1.29, 1.82) is 0 Å². The third-order valence-corrected chi connectivity index (χ3v) is 4.55. The van der Waals surface area contributed by atoms with Crippen LogP contribution in [-0.2, 0) is 6.42 Å². The normalized spacial score (nSPS) is 12.5. The Bertz CT molecular complexity index is 639. The Morgan fingerprint density at radius 3 is 2.33 bits per heavy atom. The van der Waals surface area contributed by atoms with E-state index in [0.717, 1.165) is 11.8 Å². The maximum Gasteiger partial charge on any atom is 0.140 e. The molecule has 0 saturated heterocycles. The molecule has 0 bridgehead atoms. The van der Waals surface area contributed by atoms with E-state index in [9.17, 15) is 8.78 Å². The van der Waals surface area contributed by atoms with Crippen LogP contribution >= 0.6 is 35.0 Å². The average molecular weight is 348 g/mol. The zero-order valence-electron chi connectivity index (χ0n) is 11.2. The molecule has 1 unspecified atom stereocenters. The van der Waals surface area contributed by atoms with Crippen molar-refractivity contribution in [3.8, 4) is 0 Å². The fourth-order valence-electron chi connectivity index (χ4n) is 1.86. The summed E-state index contributed by atoms with van der Waals surface area (Å²) in [5, 5.41) is 0.846. The van der Waals surface area contributed by atoms with Crippen LogP contribution in [0.5, 0.6) is 0 Å². The fraction of sp³-hybridized carbons (Fsp3) is 0.200. The molecule has 1 nitrogen and oxygen atoms in total. The molecule has 0 aliphatic rings. The number of benzene rings is 2. The van der Waals surface area contributed by atoms with Gasteiger partial charge in [-0.2, -0.15) is 0 Å². The zero-order chi connectivity index (χ0) is 15.6. The largest absolute Gasteiger partial charge is 0.328 e. The Hall–Kier alpha value is -0.810. The molecule has 0 aliphatic carbocycles. The average Bonchev–Trinajstić information content (AvgIpc) is 2.37. The van der Waals surface area contributed by atoms with E-state index in [2.05, 4.69) is 0 Å². The van der Waals surface area contributed by atoms with E-state index >= 15 is 0 Å². The molecule has 0 radical (unpaired) electrons. The SMILES string of the molecule is CC(N)Cc1cc(F)c(Sc2cc(Cl)ccc2Cl)c(F)c1. The van der Waals surface area contributed by atoms with Crippen molar-refractivity contribution >= 4 is 35.0 Å². The van der Waals surface area contributed by atoms with Crippen molar-refractivity contribution < 1.29 is 8.78 Å². The van der Waals surface area contributed by atoms with E-state index in [4.69, 9.17) is 28.9 Å². The summed E-state index contributed by atoms with van der Waals surface area (Å²) >= 11 is 12.8. The minimum atomic E-state index is -0.633. The second-order valence-corrected chi connectivity index (χ2v) is 6.64. The molecule has 2 aromatic rings. The van der Waals surface area contributed by atoms with Gasteiger partial charge in [0.05, 0.1) is 9.92 Å². The summed E-state index contributed by atoms with van der Waals surface area (Å²) < 4.78 is 28.2. The van der Waals surface area contributed by atoms with Crippen molar-refractivity contribution in [2.24, 2.45) is 5.73 Å². The first kappa shape index (κ1) is 16.6. The molecule has 0 aromatic heterocycles. The summed E-state index contributed by atoms with van der Waals surface area (Å²) in [5.41, 5.74) is 6.17. The molecular weight excluding hydrogens is 335 g/mol. The number of hydrogen-bond acceptors (Lipinski definition) is 2. The van der Waals surface area contributed by atoms with Gasteiger partial charge in [-0.25, -0.2) is 8.78 Å². The number of hydrogen-bond donors (Lipinski definition) is 1. The summed E-state index contributed by atoms with van der Waals surface area (Å²) in [6.07, 6.45) is 0.413. The summed E-state index contributed by atoms with van der Waals surface area (Å²) in [5.74, 6) is -1.27. The first-order valence-corrected chi connectivity index (χ1v) is 7.80. The van der Waals surface area contributed by atoms with Crippen molar-refractivity contribution in [1.82, 2.24) is 0 Å². The standard InChI is InChI=1S/C15H13Cl2F2NS/c1-8(20)4-9-5-12(18)15(13(19)6-9)21-14-7-10(16)2-3-11(14)17/h2-3,5-8H,4,20H2,1H3. The summed E-state index contributed by atoms with van der Waals surface area (Å²) in [4.78, 5) is 0.398. The van der Waals surface area contributed by atoms with Crippen LogP contribution < -0.4 is 5.73 Å². The van der Waals surface area contributed by atoms with E-state index in [1.165, 1.54) is 12.1 Å². The first-order valence-electron chi connectivity index (χ1n) is 6.23. The lowest BCUT2D eigenvalue weighted by molar-refractivity contribution is 0.535. The lowest BCUT2D eigenvalue weighted by Gasteiger charge is -2.10. The van der Waals surface area contributed by atoms with Crippen LogP contribution in [0.4, 0.5) is 8.78 Å². The monoisotopic (exact) mass is 347 g/mol. The highest BCUT2D eigenvalue weighted by Crippen LogP contribution is 2.38. The Morgan fingerprint density at radius 2 is 1.76 bits per heavy atom. The number of nitrogens with two attached hydrogens (primary N) is 1. The van der Waals surface area contributed by atoms with Crippen LogP contribution in [-0.4, -0.2) is 6.04 Å². The Morgan fingerprint density at radius 1 is 1.14 bits per heavy atom. The third kappa shape index (κ3) is 4.33. The lowest BCUT2D eigenvalue weighted by Crippen LogP contribution is -2.18. The van der Waals surface area contributed by atoms with Gasteiger partial charge in [0.25, 0.3) is 0 Å². The maximum atomic E-state index is 14.1. The number of halogens is 4. The van der Waals surface area contributed by atoms with E-state index in [1.54, 1.807) is 25.1 Å². The molecule has 0 aliphatic heterocycles. The van der Waals surface area contributed by atoms with Gasteiger partial charge in [0.2, 0.25) is 0 Å². The molecule has 0 amide bonds. The van der Waals surface area contributed by atoms with Crippen LogP contribution in [0.15, 0.2) is 40.1 Å². The third-order valence-electron chi connectivity index (χ3n) is 2.72. The molecule has 2 aromatic carbocycles. The van der Waals surface area contributed by atoms with Gasteiger partial charge in [0, 0.05) is 16.0 Å². The highest BCUT2D eigenvalue weighted by molar-refractivity contribution is 7.99. The van der Waals surface area contributed by atoms with Crippen LogP contribution in [0.1, 0.15) is 12.5 Å². The highest BCUT2D eigenvalue weighted by Gasteiger charge is 2.15.